The van der Waals surface area contributed by atoms with Crippen LogP contribution in [-0.2, 0) is 0 Å². The predicted octanol–water partition coefficient (Wildman–Crippen LogP) is 5.08. The van der Waals surface area contributed by atoms with Crippen LogP contribution in [0, 0.1) is 11.7 Å². The van der Waals surface area contributed by atoms with Crippen LogP contribution in [0.2, 0.25) is 5.02 Å². The molecule has 1 aliphatic rings. The average molecular weight is 356 g/mol. The number of aliphatic hydroxyl groups is 1. The van der Waals surface area contributed by atoms with Crippen molar-refractivity contribution >= 4 is 27.5 Å². The lowest BCUT2D eigenvalue weighted by atomic mass is 10.0. The van der Waals surface area contributed by atoms with Crippen molar-refractivity contribution in [2.24, 2.45) is 5.92 Å². The Morgan fingerprint density at radius 2 is 1.90 bits per heavy atom. The van der Waals surface area contributed by atoms with Gasteiger partial charge in [0.1, 0.15) is 5.82 Å². The molecular weight excluding hydrogens is 343 g/mol. The van der Waals surface area contributed by atoms with Crippen molar-refractivity contribution < 1.29 is 9.50 Å². The van der Waals surface area contributed by atoms with E-state index in [-0.39, 0.29) is 16.5 Å². The van der Waals surface area contributed by atoms with E-state index in [0.717, 1.165) is 6.42 Å². The topological polar surface area (TPSA) is 20.2 Å². The van der Waals surface area contributed by atoms with E-state index in [2.05, 4.69) is 15.9 Å². The van der Waals surface area contributed by atoms with E-state index in [1.807, 2.05) is 30.3 Å². The molecule has 1 saturated carbocycles. The highest BCUT2D eigenvalue weighted by Gasteiger charge is 2.44. The molecule has 3 rings (SSSR count). The molecule has 1 aliphatic carbocycles. The van der Waals surface area contributed by atoms with E-state index in [4.69, 9.17) is 11.6 Å². The zero-order chi connectivity index (χ0) is 14.3. The summed E-state index contributed by atoms with van der Waals surface area (Å²) in [5, 5.41) is 10.4. The first-order chi connectivity index (χ1) is 9.59. The van der Waals surface area contributed by atoms with E-state index < -0.39 is 11.9 Å². The molecule has 0 saturated heterocycles. The molecule has 0 aromatic heterocycles. The van der Waals surface area contributed by atoms with Gasteiger partial charge in [0.15, 0.2) is 0 Å². The van der Waals surface area contributed by atoms with Gasteiger partial charge in [0, 0.05) is 10.0 Å². The monoisotopic (exact) mass is 354 g/mol. The van der Waals surface area contributed by atoms with Gasteiger partial charge in [-0.2, -0.15) is 0 Å². The lowest BCUT2D eigenvalue weighted by Crippen LogP contribution is -2.05. The van der Waals surface area contributed by atoms with Crippen LogP contribution < -0.4 is 0 Å². The fraction of sp³-hybridized carbons (Fsp3) is 0.250. The Balaban J connectivity index is 1.82. The summed E-state index contributed by atoms with van der Waals surface area (Å²) >= 11 is 9.05. The quantitative estimate of drug-likeness (QED) is 0.761. The predicted molar refractivity (Wildman–Crippen MR) is 81.4 cm³/mol. The molecule has 1 fully saturated rings. The summed E-state index contributed by atoms with van der Waals surface area (Å²) in [6, 6.07) is 13.3. The maximum absolute atomic E-state index is 14.1. The Morgan fingerprint density at radius 3 is 2.60 bits per heavy atom. The zero-order valence-corrected chi connectivity index (χ0v) is 12.9. The molecule has 0 aliphatic heterocycles. The minimum Gasteiger partial charge on any atom is -0.388 e. The van der Waals surface area contributed by atoms with Crippen molar-refractivity contribution in [2.75, 3.05) is 0 Å². The van der Waals surface area contributed by atoms with Gasteiger partial charge in [-0.25, -0.2) is 4.39 Å². The van der Waals surface area contributed by atoms with E-state index in [1.54, 1.807) is 12.1 Å². The van der Waals surface area contributed by atoms with E-state index in [9.17, 15) is 9.50 Å². The summed E-state index contributed by atoms with van der Waals surface area (Å²) in [7, 11) is 0. The van der Waals surface area contributed by atoms with Crippen LogP contribution in [0.25, 0.3) is 0 Å². The van der Waals surface area contributed by atoms with Crippen LogP contribution in [0.3, 0.4) is 0 Å². The van der Waals surface area contributed by atoms with Gasteiger partial charge in [0.05, 0.1) is 11.1 Å². The van der Waals surface area contributed by atoms with Crippen LogP contribution >= 0.6 is 27.5 Å². The van der Waals surface area contributed by atoms with Crippen LogP contribution in [0.15, 0.2) is 46.9 Å². The SMILES string of the molecule is OC(c1ccc(Br)c(Cl)c1F)C1CC1c1ccccc1. The summed E-state index contributed by atoms with van der Waals surface area (Å²) in [5.41, 5.74) is 1.47. The first kappa shape index (κ1) is 14.1. The second-order valence-electron chi connectivity index (χ2n) is 5.13. The first-order valence-electron chi connectivity index (χ1n) is 6.46. The van der Waals surface area contributed by atoms with Gasteiger partial charge in [-0.05, 0) is 45.8 Å². The third-order valence-electron chi connectivity index (χ3n) is 3.86. The largest absolute Gasteiger partial charge is 0.388 e. The maximum atomic E-state index is 14.1. The van der Waals surface area contributed by atoms with Crippen LogP contribution in [0.4, 0.5) is 4.39 Å². The molecule has 2 aromatic rings. The number of halogens is 3. The van der Waals surface area contributed by atoms with Gasteiger partial charge in [-0.15, -0.1) is 0 Å². The molecule has 104 valence electrons. The summed E-state index contributed by atoms with van der Waals surface area (Å²) in [6.45, 7) is 0. The summed E-state index contributed by atoms with van der Waals surface area (Å²) in [5.74, 6) is -0.176. The Bertz CT molecular complexity index is 632. The molecule has 3 atom stereocenters. The minimum atomic E-state index is -0.814. The molecule has 4 heteroatoms. The molecule has 20 heavy (non-hydrogen) atoms. The lowest BCUT2D eigenvalue weighted by molar-refractivity contribution is 0.147. The molecule has 0 bridgehead atoms. The van der Waals surface area contributed by atoms with Gasteiger partial charge < -0.3 is 5.11 Å². The third kappa shape index (κ3) is 2.50. The Hall–Kier alpha value is -0.900. The van der Waals surface area contributed by atoms with Gasteiger partial charge >= 0.3 is 0 Å². The zero-order valence-electron chi connectivity index (χ0n) is 10.6. The summed E-state index contributed by atoms with van der Waals surface area (Å²) in [6.07, 6.45) is 0.0592. The molecule has 3 unspecified atom stereocenters. The van der Waals surface area contributed by atoms with Gasteiger partial charge in [-0.3, -0.25) is 0 Å². The molecule has 1 N–H and O–H groups in total. The second kappa shape index (κ2) is 5.47. The average Bonchev–Trinajstić information content (AvgIpc) is 3.26. The lowest BCUT2D eigenvalue weighted by Gasteiger charge is -2.13. The van der Waals surface area contributed by atoms with E-state index >= 15 is 0 Å². The highest BCUT2D eigenvalue weighted by Crippen LogP contribution is 2.54. The summed E-state index contributed by atoms with van der Waals surface area (Å²) in [4.78, 5) is 0. The second-order valence-corrected chi connectivity index (χ2v) is 6.36. The van der Waals surface area contributed by atoms with E-state index in [1.165, 1.54) is 5.56 Å². The van der Waals surface area contributed by atoms with Gasteiger partial charge in [0.2, 0.25) is 0 Å². The maximum Gasteiger partial charge on any atom is 0.148 e. The molecule has 0 heterocycles. The first-order valence-corrected chi connectivity index (χ1v) is 7.63. The number of rotatable bonds is 3. The normalized spacial score (nSPS) is 22.6. The Labute approximate surface area is 130 Å². The highest BCUT2D eigenvalue weighted by molar-refractivity contribution is 9.10. The molecule has 0 radical (unpaired) electrons. The van der Waals surface area contributed by atoms with Crippen molar-refractivity contribution in [3.63, 3.8) is 0 Å². The van der Waals surface area contributed by atoms with Crippen molar-refractivity contribution in [2.45, 2.75) is 18.4 Å². The van der Waals surface area contributed by atoms with E-state index in [0.29, 0.717) is 10.4 Å². The van der Waals surface area contributed by atoms with Crippen molar-refractivity contribution in [1.29, 1.82) is 0 Å². The summed E-state index contributed by atoms with van der Waals surface area (Å²) < 4.78 is 14.6. The smallest absolute Gasteiger partial charge is 0.148 e. The fourth-order valence-corrected chi connectivity index (χ4v) is 3.13. The van der Waals surface area contributed by atoms with Crippen molar-refractivity contribution in [3.05, 3.63) is 68.9 Å². The number of hydrogen-bond acceptors (Lipinski definition) is 1. The van der Waals surface area contributed by atoms with Crippen LogP contribution in [0.5, 0.6) is 0 Å². The Morgan fingerprint density at radius 1 is 1.20 bits per heavy atom. The van der Waals surface area contributed by atoms with Gasteiger partial charge in [-0.1, -0.05) is 48.0 Å². The van der Waals surface area contributed by atoms with Gasteiger partial charge in [0.25, 0.3) is 0 Å². The van der Waals surface area contributed by atoms with Crippen molar-refractivity contribution in [3.8, 4) is 0 Å². The molecule has 2 aromatic carbocycles. The minimum absolute atomic E-state index is 0.0264. The number of aliphatic hydroxyl groups excluding tert-OH is 1. The molecule has 0 spiro atoms. The molecule has 1 nitrogen and oxygen atoms in total. The molecular formula is C16H13BrClFO. The standard InChI is InChI=1S/C16H13BrClFO/c17-13-7-6-10(15(19)14(13)18)16(20)12-8-11(12)9-4-2-1-3-5-9/h1-7,11-12,16,20H,8H2. The fourth-order valence-electron chi connectivity index (χ4n) is 2.65. The molecule has 0 amide bonds. The number of benzene rings is 2. The van der Waals surface area contributed by atoms with Crippen LogP contribution in [0.1, 0.15) is 29.6 Å². The number of hydrogen-bond donors (Lipinski definition) is 1. The third-order valence-corrected chi connectivity index (χ3v) is 5.12. The Kier molecular flexibility index (Phi) is 3.85. The van der Waals surface area contributed by atoms with Crippen molar-refractivity contribution in [1.82, 2.24) is 0 Å². The highest BCUT2D eigenvalue weighted by atomic mass is 79.9. The van der Waals surface area contributed by atoms with Crippen LogP contribution in [-0.4, -0.2) is 5.11 Å².